The van der Waals surface area contributed by atoms with Gasteiger partial charge in [0, 0.05) is 16.1 Å². The van der Waals surface area contributed by atoms with Gasteiger partial charge in [-0.25, -0.2) is 0 Å². The second-order valence-corrected chi connectivity index (χ2v) is 4.31. The molecule has 3 N–H and O–H groups in total. The van der Waals surface area contributed by atoms with Crippen LogP contribution >= 0.6 is 11.6 Å². The second-order valence-electron chi connectivity index (χ2n) is 3.90. The SMILES string of the molecule is CC(C)(N)Cc1c(O)cccc1Cl. The molecule has 0 aliphatic heterocycles. The number of phenols is 1. The van der Waals surface area contributed by atoms with Gasteiger partial charge < -0.3 is 10.8 Å². The van der Waals surface area contributed by atoms with Gasteiger partial charge in [-0.2, -0.15) is 0 Å². The number of halogens is 1. The first-order valence-electron chi connectivity index (χ1n) is 4.15. The minimum Gasteiger partial charge on any atom is -0.508 e. The monoisotopic (exact) mass is 199 g/mol. The molecule has 0 fully saturated rings. The van der Waals surface area contributed by atoms with Crippen molar-refractivity contribution in [2.24, 2.45) is 5.73 Å². The van der Waals surface area contributed by atoms with Gasteiger partial charge in [0.15, 0.2) is 0 Å². The summed E-state index contributed by atoms with van der Waals surface area (Å²) in [5, 5.41) is 10.1. The Morgan fingerprint density at radius 2 is 2.08 bits per heavy atom. The third-order valence-electron chi connectivity index (χ3n) is 1.73. The first kappa shape index (κ1) is 10.4. The van der Waals surface area contributed by atoms with Crippen molar-refractivity contribution >= 4 is 11.6 Å². The highest BCUT2D eigenvalue weighted by atomic mass is 35.5. The molecule has 0 amide bonds. The number of phenolic OH excluding ortho intramolecular Hbond substituents is 1. The Kier molecular flexibility index (Phi) is 2.84. The molecule has 0 radical (unpaired) electrons. The molecule has 0 unspecified atom stereocenters. The summed E-state index contributed by atoms with van der Waals surface area (Å²) in [5.74, 6) is 0.214. The lowest BCUT2D eigenvalue weighted by Gasteiger charge is -2.19. The molecule has 0 saturated heterocycles. The van der Waals surface area contributed by atoms with Crippen LogP contribution in [0.1, 0.15) is 19.4 Å². The van der Waals surface area contributed by atoms with Crippen LogP contribution in [0.15, 0.2) is 18.2 Å². The van der Waals surface area contributed by atoms with Gasteiger partial charge in [0.1, 0.15) is 5.75 Å². The quantitative estimate of drug-likeness (QED) is 0.768. The number of benzene rings is 1. The van der Waals surface area contributed by atoms with Crippen LogP contribution in [0.2, 0.25) is 5.02 Å². The Balaban J connectivity index is 3.00. The Bertz CT molecular complexity index is 284. The normalized spacial score (nSPS) is 11.7. The van der Waals surface area contributed by atoms with E-state index in [-0.39, 0.29) is 11.3 Å². The Morgan fingerprint density at radius 3 is 2.54 bits per heavy atom. The zero-order valence-electron chi connectivity index (χ0n) is 7.84. The fraction of sp³-hybridized carbons (Fsp3) is 0.400. The van der Waals surface area contributed by atoms with Crippen LogP contribution in [0.4, 0.5) is 0 Å². The molecule has 0 bridgehead atoms. The number of nitrogens with two attached hydrogens (primary N) is 1. The molecular weight excluding hydrogens is 186 g/mol. The fourth-order valence-corrected chi connectivity index (χ4v) is 1.41. The summed E-state index contributed by atoms with van der Waals surface area (Å²) in [6.45, 7) is 3.80. The van der Waals surface area contributed by atoms with E-state index in [1.807, 2.05) is 13.8 Å². The van der Waals surface area contributed by atoms with Crippen LogP contribution in [0.25, 0.3) is 0 Å². The van der Waals surface area contributed by atoms with Gasteiger partial charge in [0.05, 0.1) is 0 Å². The van der Waals surface area contributed by atoms with Gasteiger partial charge >= 0.3 is 0 Å². The third kappa shape index (κ3) is 2.90. The van der Waals surface area contributed by atoms with Crippen LogP contribution in [-0.4, -0.2) is 10.6 Å². The van der Waals surface area contributed by atoms with Crippen molar-refractivity contribution in [2.75, 3.05) is 0 Å². The topological polar surface area (TPSA) is 46.2 Å². The molecule has 2 nitrogen and oxygen atoms in total. The largest absolute Gasteiger partial charge is 0.508 e. The van der Waals surface area contributed by atoms with Crippen LogP contribution < -0.4 is 5.73 Å². The van der Waals surface area contributed by atoms with E-state index in [0.29, 0.717) is 11.4 Å². The second kappa shape index (κ2) is 3.56. The van der Waals surface area contributed by atoms with Crippen molar-refractivity contribution in [1.82, 2.24) is 0 Å². The predicted molar refractivity (Wildman–Crippen MR) is 55.1 cm³/mol. The lowest BCUT2D eigenvalue weighted by atomic mass is 9.95. The molecule has 3 heteroatoms. The van der Waals surface area contributed by atoms with E-state index in [2.05, 4.69) is 0 Å². The minimum absolute atomic E-state index is 0.214. The van der Waals surface area contributed by atoms with E-state index >= 15 is 0 Å². The lowest BCUT2D eigenvalue weighted by molar-refractivity contribution is 0.450. The zero-order chi connectivity index (χ0) is 10.1. The summed E-state index contributed by atoms with van der Waals surface area (Å²) in [7, 11) is 0. The maximum Gasteiger partial charge on any atom is 0.120 e. The van der Waals surface area contributed by atoms with Gasteiger partial charge in [-0.05, 0) is 32.4 Å². The van der Waals surface area contributed by atoms with Gasteiger partial charge in [0.2, 0.25) is 0 Å². The summed E-state index contributed by atoms with van der Waals surface area (Å²) >= 11 is 5.92. The van der Waals surface area contributed by atoms with Crippen LogP contribution in [0.5, 0.6) is 5.75 Å². The van der Waals surface area contributed by atoms with Gasteiger partial charge in [0.25, 0.3) is 0 Å². The standard InChI is InChI=1S/C10H14ClNO/c1-10(2,12)6-7-8(11)4-3-5-9(7)13/h3-5,13H,6,12H2,1-2H3. The first-order chi connectivity index (χ1) is 5.90. The molecule has 1 aromatic rings. The van der Waals surface area contributed by atoms with E-state index in [0.717, 1.165) is 5.56 Å². The molecule has 1 aromatic carbocycles. The third-order valence-corrected chi connectivity index (χ3v) is 2.08. The number of hydrogen-bond acceptors (Lipinski definition) is 2. The molecular formula is C10H14ClNO. The fourth-order valence-electron chi connectivity index (χ4n) is 1.18. The predicted octanol–water partition coefficient (Wildman–Crippen LogP) is 2.33. The maximum absolute atomic E-state index is 9.51. The highest BCUT2D eigenvalue weighted by molar-refractivity contribution is 6.31. The zero-order valence-corrected chi connectivity index (χ0v) is 8.60. The number of aromatic hydroxyl groups is 1. The summed E-state index contributed by atoms with van der Waals surface area (Å²) in [6.07, 6.45) is 0.568. The maximum atomic E-state index is 9.51. The highest BCUT2D eigenvalue weighted by Crippen LogP contribution is 2.27. The van der Waals surface area contributed by atoms with Crippen molar-refractivity contribution < 1.29 is 5.11 Å². The molecule has 0 aromatic heterocycles. The lowest BCUT2D eigenvalue weighted by Crippen LogP contribution is -2.34. The van der Waals surface area contributed by atoms with E-state index < -0.39 is 0 Å². The number of hydrogen-bond donors (Lipinski definition) is 2. The van der Waals surface area contributed by atoms with Crippen molar-refractivity contribution in [1.29, 1.82) is 0 Å². The summed E-state index contributed by atoms with van der Waals surface area (Å²) < 4.78 is 0. The average molecular weight is 200 g/mol. The Morgan fingerprint density at radius 1 is 1.46 bits per heavy atom. The molecule has 1 rings (SSSR count). The molecule has 0 heterocycles. The van der Waals surface area contributed by atoms with E-state index in [4.69, 9.17) is 17.3 Å². The molecule has 0 saturated carbocycles. The molecule has 0 atom stereocenters. The Hall–Kier alpha value is -0.730. The van der Waals surface area contributed by atoms with Crippen molar-refractivity contribution in [3.63, 3.8) is 0 Å². The molecule has 0 aliphatic carbocycles. The summed E-state index contributed by atoms with van der Waals surface area (Å²) in [5.41, 5.74) is 6.20. The van der Waals surface area contributed by atoms with Gasteiger partial charge in [-0.1, -0.05) is 17.7 Å². The number of rotatable bonds is 2. The molecule has 0 aliphatic rings. The summed E-state index contributed by atoms with van der Waals surface area (Å²) in [6, 6.07) is 5.08. The van der Waals surface area contributed by atoms with Gasteiger partial charge in [-0.3, -0.25) is 0 Å². The minimum atomic E-state index is -0.359. The van der Waals surface area contributed by atoms with E-state index in [1.165, 1.54) is 0 Å². The van der Waals surface area contributed by atoms with Crippen LogP contribution in [0, 0.1) is 0 Å². The van der Waals surface area contributed by atoms with Crippen LogP contribution in [-0.2, 0) is 6.42 Å². The van der Waals surface area contributed by atoms with Gasteiger partial charge in [-0.15, -0.1) is 0 Å². The first-order valence-corrected chi connectivity index (χ1v) is 4.53. The smallest absolute Gasteiger partial charge is 0.120 e. The highest BCUT2D eigenvalue weighted by Gasteiger charge is 2.16. The Labute approximate surface area is 83.3 Å². The molecule has 13 heavy (non-hydrogen) atoms. The van der Waals surface area contributed by atoms with Crippen molar-refractivity contribution in [3.8, 4) is 5.75 Å². The van der Waals surface area contributed by atoms with Crippen LogP contribution in [0.3, 0.4) is 0 Å². The van der Waals surface area contributed by atoms with E-state index in [1.54, 1.807) is 18.2 Å². The molecule has 0 spiro atoms. The summed E-state index contributed by atoms with van der Waals surface area (Å²) in [4.78, 5) is 0. The molecule has 72 valence electrons. The van der Waals surface area contributed by atoms with Crippen molar-refractivity contribution in [3.05, 3.63) is 28.8 Å². The average Bonchev–Trinajstić information content (AvgIpc) is 1.95. The van der Waals surface area contributed by atoms with E-state index in [9.17, 15) is 5.11 Å². The van der Waals surface area contributed by atoms with Crippen molar-refractivity contribution in [2.45, 2.75) is 25.8 Å².